The monoisotopic (exact) mass is 705 g/mol. The number of nitrogens with zero attached hydrogens (tertiary/aromatic N) is 5. The molecular weight excluding hydrogens is 679 g/mol. The zero-order valence-electron chi connectivity index (χ0n) is 24.3. The molecule has 2 unspecified atom stereocenters. The largest absolute Gasteiger partial charge is 0.480 e. The number of carboxylic acids is 2. The summed E-state index contributed by atoms with van der Waals surface area (Å²) < 4.78 is 32.0. The van der Waals surface area contributed by atoms with E-state index in [4.69, 9.17) is 0 Å². The van der Waals surface area contributed by atoms with Gasteiger partial charge >= 0.3 is 11.9 Å². The molecule has 1 aromatic rings. The summed E-state index contributed by atoms with van der Waals surface area (Å²) in [6.07, 6.45) is 1.87. The van der Waals surface area contributed by atoms with Crippen LogP contribution in [0.15, 0.2) is 61.3 Å². The number of rotatable bonds is 11. The van der Waals surface area contributed by atoms with Crippen LogP contribution in [0, 0.1) is 28.6 Å². The summed E-state index contributed by atoms with van der Waals surface area (Å²) >= 11 is 3.07. The quantitative estimate of drug-likeness (QED) is 0.171. The van der Waals surface area contributed by atoms with Crippen molar-refractivity contribution >= 4 is 74.8 Å². The number of hydrogen-bond acceptors (Lipinski definition) is 12. The first-order valence-electron chi connectivity index (χ1n) is 13.6. The molecule has 3 heterocycles. The van der Waals surface area contributed by atoms with Gasteiger partial charge in [0.15, 0.2) is 5.57 Å². The van der Waals surface area contributed by atoms with Gasteiger partial charge in [0.2, 0.25) is 5.91 Å². The van der Waals surface area contributed by atoms with Gasteiger partial charge in [0.05, 0.1) is 21.4 Å². The molecule has 4 rings (SSSR count). The van der Waals surface area contributed by atoms with Crippen LogP contribution in [0.5, 0.6) is 0 Å². The lowest BCUT2D eigenvalue weighted by atomic mass is 10.0. The van der Waals surface area contributed by atoms with Gasteiger partial charge in [0.1, 0.15) is 40.9 Å². The summed E-state index contributed by atoms with van der Waals surface area (Å²) in [5, 5.41) is 36.1. The van der Waals surface area contributed by atoms with Crippen LogP contribution < -0.4 is 4.90 Å². The minimum absolute atomic E-state index is 0.109. The van der Waals surface area contributed by atoms with Gasteiger partial charge < -0.3 is 20.0 Å². The topological polar surface area (TPSA) is 220 Å². The molecule has 0 aliphatic carbocycles. The van der Waals surface area contributed by atoms with Crippen molar-refractivity contribution in [3.05, 3.63) is 56.5 Å². The molecule has 0 bridgehead atoms. The number of hydrogen-bond donors (Lipinski definition) is 3. The van der Waals surface area contributed by atoms with Crippen molar-refractivity contribution < 1.29 is 42.4 Å². The number of fused-ring (bicyclic) bond motifs is 1. The predicted octanol–water partition coefficient (Wildman–Crippen LogP) is 2.90. The van der Waals surface area contributed by atoms with Crippen LogP contribution in [0.25, 0.3) is 0 Å². The normalized spacial score (nSPS) is 21.6. The number of aliphatic carboxylic acids is 2. The molecule has 242 valence electrons. The molecule has 3 N–H and O–H groups in total. The lowest BCUT2D eigenvalue weighted by Crippen LogP contribution is -2.45. The number of carbonyl (C=O) groups is 4. The van der Waals surface area contributed by atoms with E-state index in [0.29, 0.717) is 10.6 Å². The van der Waals surface area contributed by atoms with Crippen LogP contribution in [0.4, 0.5) is 5.69 Å². The van der Waals surface area contributed by atoms with E-state index in [-0.39, 0.29) is 28.8 Å². The summed E-state index contributed by atoms with van der Waals surface area (Å²) in [5.74, 6) is -4.94. The van der Waals surface area contributed by atoms with Gasteiger partial charge in [-0.25, -0.2) is 0 Å². The predicted molar refractivity (Wildman–Crippen MR) is 170 cm³/mol. The van der Waals surface area contributed by atoms with E-state index in [0.717, 1.165) is 43.9 Å². The van der Waals surface area contributed by atoms with Crippen LogP contribution >= 0.6 is 35.3 Å². The number of thioether (sulfide) groups is 3. The second-order valence-electron chi connectivity index (χ2n) is 10.4. The number of amides is 2. The van der Waals surface area contributed by atoms with Crippen LogP contribution in [0.2, 0.25) is 0 Å². The van der Waals surface area contributed by atoms with Crippen LogP contribution in [-0.2, 0) is 29.3 Å². The van der Waals surface area contributed by atoms with E-state index in [1.54, 1.807) is 18.2 Å². The van der Waals surface area contributed by atoms with Gasteiger partial charge in [-0.2, -0.15) is 18.9 Å². The lowest BCUT2D eigenvalue weighted by Gasteiger charge is -2.24. The van der Waals surface area contributed by atoms with E-state index in [9.17, 15) is 52.9 Å². The highest BCUT2D eigenvalue weighted by Crippen LogP contribution is 2.51. The van der Waals surface area contributed by atoms with E-state index in [1.807, 2.05) is 43.0 Å². The third kappa shape index (κ3) is 7.54. The molecule has 0 aromatic heterocycles. The van der Waals surface area contributed by atoms with Crippen molar-refractivity contribution in [1.29, 1.82) is 10.5 Å². The number of carboxylic acid groups (broad SMARTS) is 2. The maximum atomic E-state index is 13.9. The van der Waals surface area contributed by atoms with E-state index in [1.165, 1.54) is 11.8 Å². The van der Waals surface area contributed by atoms with Crippen molar-refractivity contribution in [2.75, 3.05) is 30.3 Å². The maximum absolute atomic E-state index is 13.9. The summed E-state index contributed by atoms with van der Waals surface area (Å²) in [7, 11) is -4.19. The Morgan fingerprint density at radius 2 is 1.70 bits per heavy atom. The van der Waals surface area contributed by atoms with Crippen molar-refractivity contribution in [1.82, 2.24) is 9.80 Å². The summed E-state index contributed by atoms with van der Waals surface area (Å²) in [5.41, 5.74) is 0.831. The van der Waals surface area contributed by atoms with Gasteiger partial charge in [0.25, 0.3) is 16.0 Å². The second-order valence-corrected chi connectivity index (χ2v) is 15.3. The third-order valence-electron chi connectivity index (χ3n) is 6.87. The smallest absolute Gasteiger partial charge is 0.323 e. The number of allylic oxidation sites excluding steroid dienone is 3. The fourth-order valence-electron chi connectivity index (χ4n) is 4.90. The van der Waals surface area contributed by atoms with E-state index in [2.05, 4.69) is 0 Å². The van der Waals surface area contributed by atoms with Crippen molar-refractivity contribution in [2.24, 2.45) is 5.92 Å². The van der Waals surface area contributed by atoms with Gasteiger partial charge in [-0.1, -0.05) is 61.3 Å². The Labute approximate surface area is 277 Å². The molecule has 14 nitrogen and oxygen atoms in total. The zero-order valence-corrected chi connectivity index (χ0v) is 27.6. The number of carbonyl (C=O) groups excluding carboxylic acids is 2. The van der Waals surface area contributed by atoms with Gasteiger partial charge in [-0.15, -0.1) is 0 Å². The third-order valence-corrected chi connectivity index (χ3v) is 11.7. The molecule has 2 amide bonds. The van der Waals surface area contributed by atoms with Gasteiger partial charge in [-0.05, 0) is 36.1 Å². The Bertz CT molecular complexity index is 1760. The standard InChI is InChI=1S/C28H27N5O9S4/c1-15(2)17(10-20-31(8-5-9-46(40,41)42)18-6-3-4-7-19(18)43-20)23-25(38)33(14-22(36)37)28(44-23)24-26(39)32(13-21(34)35)27(45-24)16(11-29)12-30/h3-4,6-7,10,15,24,28H,5,8-9,13-14H2,1-2H3,(H,34,35)(H,36,37)(H,40,41,42). The molecule has 3 aliphatic heterocycles. The van der Waals surface area contributed by atoms with E-state index >= 15 is 0 Å². The number of anilines is 1. The Morgan fingerprint density at radius 3 is 2.28 bits per heavy atom. The second kappa shape index (κ2) is 14.2. The highest BCUT2D eigenvalue weighted by Gasteiger charge is 2.51. The summed E-state index contributed by atoms with van der Waals surface area (Å²) in [4.78, 5) is 55.5. The number of nitriles is 2. The highest BCUT2D eigenvalue weighted by molar-refractivity contribution is 8.09. The molecule has 2 atom stereocenters. The maximum Gasteiger partial charge on any atom is 0.323 e. The number of benzene rings is 1. The molecule has 46 heavy (non-hydrogen) atoms. The average Bonchev–Trinajstić information content (AvgIpc) is 3.58. The van der Waals surface area contributed by atoms with Gasteiger partial charge in [0, 0.05) is 11.4 Å². The Kier molecular flexibility index (Phi) is 10.8. The van der Waals surface area contributed by atoms with E-state index < -0.39 is 68.9 Å². The minimum atomic E-state index is -4.19. The van der Waals surface area contributed by atoms with Crippen LogP contribution in [-0.4, -0.2) is 92.7 Å². The summed E-state index contributed by atoms with van der Waals surface area (Å²) in [6.45, 7) is 2.28. The highest BCUT2D eigenvalue weighted by atomic mass is 32.2. The molecule has 2 fully saturated rings. The molecule has 18 heteroatoms. The zero-order chi connectivity index (χ0) is 33.9. The molecular formula is C28H27N5O9S4. The first-order chi connectivity index (χ1) is 21.7. The molecule has 0 radical (unpaired) electrons. The average molecular weight is 706 g/mol. The lowest BCUT2D eigenvalue weighted by molar-refractivity contribution is -0.144. The number of para-hydroxylation sites is 1. The SMILES string of the molecule is CC(C)C(C=C1Sc2ccccc2N1CCCS(=O)(=O)O)=C1SC(C2SC(=C(C#N)C#N)N(CC(=O)O)C2=O)N(CC(=O)O)C1=O. The van der Waals surface area contributed by atoms with Gasteiger partial charge in [-0.3, -0.25) is 28.6 Å². The molecule has 2 saturated heterocycles. The minimum Gasteiger partial charge on any atom is -0.480 e. The van der Waals surface area contributed by atoms with Crippen molar-refractivity contribution in [2.45, 2.75) is 35.8 Å². The van der Waals surface area contributed by atoms with Crippen molar-refractivity contribution in [3.63, 3.8) is 0 Å². The Hall–Kier alpha value is -3.94. The Morgan fingerprint density at radius 1 is 1.04 bits per heavy atom. The van der Waals surface area contributed by atoms with Crippen LogP contribution in [0.3, 0.4) is 0 Å². The Balaban J connectivity index is 1.78. The molecule has 0 saturated carbocycles. The molecule has 1 aromatic carbocycles. The van der Waals surface area contributed by atoms with Crippen molar-refractivity contribution in [3.8, 4) is 12.1 Å². The first kappa shape index (κ1) is 34.9. The first-order valence-corrected chi connectivity index (χ1v) is 17.7. The fraction of sp³-hybridized carbons (Fsp3) is 0.357. The molecule has 3 aliphatic rings. The fourth-order valence-corrected chi connectivity index (χ4v) is 9.51. The molecule has 0 spiro atoms. The summed E-state index contributed by atoms with van der Waals surface area (Å²) in [6, 6.07) is 10.7. The van der Waals surface area contributed by atoms with Crippen LogP contribution in [0.1, 0.15) is 20.3 Å².